The molecule has 0 aromatic heterocycles. The number of hydrogen-bond donors (Lipinski definition) is 1. The van der Waals surface area contributed by atoms with Crippen molar-refractivity contribution in [3.05, 3.63) is 29.3 Å². The summed E-state index contributed by atoms with van der Waals surface area (Å²) in [5, 5.41) is 2.81. The zero-order chi connectivity index (χ0) is 14.1. The molecule has 4 nitrogen and oxygen atoms in total. The Kier molecular flexibility index (Phi) is 3.47. The molecule has 2 aliphatic rings. The Labute approximate surface area is 119 Å². The van der Waals surface area contributed by atoms with Gasteiger partial charge in [-0.25, -0.2) is 0 Å². The van der Waals surface area contributed by atoms with Crippen molar-refractivity contribution >= 4 is 17.5 Å². The van der Waals surface area contributed by atoms with Crippen LogP contribution in [-0.4, -0.2) is 29.8 Å². The van der Waals surface area contributed by atoms with E-state index >= 15 is 0 Å². The molecule has 106 valence electrons. The van der Waals surface area contributed by atoms with E-state index in [1.807, 2.05) is 23.1 Å². The van der Waals surface area contributed by atoms with E-state index in [0.29, 0.717) is 18.8 Å². The van der Waals surface area contributed by atoms with E-state index < -0.39 is 0 Å². The molecule has 1 fully saturated rings. The van der Waals surface area contributed by atoms with Crippen molar-refractivity contribution in [2.24, 2.45) is 5.92 Å². The molecule has 0 saturated carbocycles. The van der Waals surface area contributed by atoms with Gasteiger partial charge < -0.3 is 10.2 Å². The van der Waals surface area contributed by atoms with E-state index in [0.717, 1.165) is 36.3 Å². The summed E-state index contributed by atoms with van der Waals surface area (Å²) in [6.07, 6.45) is 3.19. The molecule has 1 aromatic carbocycles. The minimum Gasteiger partial charge on any atom is -0.342 e. The van der Waals surface area contributed by atoms with E-state index in [4.69, 9.17) is 0 Å². The molecule has 2 amide bonds. The highest BCUT2D eigenvalue weighted by molar-refractivity contribution is 5.99. The third-order valence-corrected chi connectivity index (χ3v) is 4.16. The topological polar surface area (TPSA) is 49.4 Å². The molecule has 1 saturated heterocycles. The third kappa shape index (κ3) is 2.69. The first-order valence-electron chi connectivity index (χ1n) is 7.31. The fraction of sp³-hybridized carbons (Fsp3) is 0.500. The highest BCUT2D eigenvalue weighted by Gasteiger charge is 2.22. The molecule has 0 spiro atoms. The SMILES string of the molecule is CC1CCCN(C(=O)Cc2ccc3c(c2)CC(=O)N3)C1. The molecular weight excluding hydrogens is 252 g/mol. The zero-order valence-corrected chi connectivity index (χ0v) is 11.8. The lowest BCUT2D eigenvalue weighted by Crippen LogP contribution is -2.39. The number of piperidine rings is 1. The quantitative estimate of drug-likeness (QED) is 0.895. The van der Waals surface area contributed by atoms with Gasteiger partial charge in [-0.05, 0) is 36.0 Å². The van der Waals surface area contributed by atoms with Crippen LogP contribution in [0.1, 0.15) is 30.9 Å². The van der Waals surface area contributed by atoms with Crippen molar-refractivity contribution in [1.82, 2.24) is 4.90 Å². The number of amides is 2. The number of benzene rings is 1. The van der Waals surface area contributed by atoms with Crippen LogP contribution in [0.15, 0.2) is 18.2 Å². The molecule has 4 heteroatoms. The van der Waals surface area contributed by atoms with Crippen LogP contribution in [0.5, 0.6) is 0 Å². The van der Waals surface area contributed by atoms with Crippen molar-refractivity contribution in [3.8, 4) is 0 Å². The van der Waals surface area contributed by atoms with Gasteiger partial charge >= 0.3 is 0 Å². The van der Waals surface area contributed by atoms with Crippen LogP contribution in [0.25, 0.3) is 0 Å². The Balaban J connectivity index is 1.67. The Morgan fingerprint density at radius 2 is 2.30 bits per heavy atom. The molecule has 1 aromatic rings. The summed E-state index contributed by atoms with van der Waals surface area (Å²) in [5.41, 5.74) is 2.90. The molecule has 1 N–H and O–H groups in total. The van der Waals surface area contributed by atoms with Gasteiger partial charge in [0.1, 0.15) is 0 Å². The van der Waals surface area contributed by atoms with Gasteiger partial charge in [0, 0.05) is 18.8 Å². The Bertz CT molecular complexity index is 553. The highest BCUT2D eigenvalue weighted by atomic mass is 16.2. The average molecular weight is 272 g/mol. The summed E-state index contributed by atoms with van der Waals surface area (Å²) >= 11 is 0. The largest absolute Gasteiger partial charge is 0.342 e. The predicted molar refractivity (Wildman–Crippen MR) is 77.5 cm³/mol. The van der Waals surface area contributed by atoms with E-state index in [9.17, 15) is 9.59 Å². The molecule has 2 aliphatic heterocycles. The van der Waals surface area contributed by atoms with Gasteiger partial charge in [-0.2, -0.15) is 0 Å². The smallest absolute Gasteiger partial charge is 0.228 e. The lowest BCUT2D eigenvalue weighted by Gasteiger charge is -2.31. The van der Waals surface area contributed by atoms with Crippen molar-refractivity contribution < 1.29 is 9.59 Å². The van der Waals surface area contributed by atoms with E-state index in [-0.39, 0.29) is 11.8 Å². The summed E-state index contributed by atoms with van der Waals surface area (Å²) < 4.78 is 0. The molecule has 2 heterocycles. The first kappa shape index (κ1) is 13.2. The molecule has 1 atom stereocenters. The van der Waals surface area contributed by atoms with Crippen LogP contribution in [0.3, 0.4) is 0 Å². The minimum atomic E-state index is 0.0355. The Hall–Kier alpha value is -1.84. The van der Waals surface area contributed by atoms with Crippen molar-refractivity contribution in [2.45, 2.75) is 32.6 Å². The third-order valence-electron chi connectivity index (χ3n) is 4.16. The predicted octanol–water partition coefficient (Wildman–Crippen LogP) is 1.98. The molecule has 0 aliphatic carbocycles. The number of rotatable bonds is 2. The first-order chi connectivity index (χ1) is 9.61. The minimum absolute atomic E-state index is 0.0355. The van der Waals surface area contributed by atoms with Gasteiger partial charge in [-0.3, -0.25) is 9.59 Å². The van der Waals surface area contributed by atoms with E-state index in [2.05, 4.69) is 12.2 Å². The fourth-order valence-corrected chi connectivity index (χ4v) is 3.09. The van der Waals surface area contributed by atoms with Gasteiger partial charge in [0.05, 0.1) is 12.8 Å². The molecule has 0 radical (unpaired) electrons. The normalized spacial score (nSPS) is 21.6. The van der Waals surface area contributed by atoms with E-state index in [1.54, 1.807) is 0 Å². The number of nitrogens with zero attached hydrogens (tertiary/aromatic N) is 1. The maximum Gasteiger partial charge on any atom is 0.228 e. The van der Waals surface area contributed by atoms with Gasteiger partial charge in [-0.15, -0.1) is 0 Å². The van der Waals surface area contributed by atoms with Crippen LogP contribution >= 0.6 is 0 Å². The van der Waals surface area contributed by atoms with Crippen LogP contribution in [0.4, 0.5) is 5.69 Å². The van der Waals surface area contributed by atoms with Gasteiger partial charge in [0.2, 0.25) is 11.8 Å². The van der Waals surface area contributed by atoms with Crippen LogP contribution in [-0.2, 0) is 22.4 Å². The van der Waals surface area contributed by atoms with Gasteiger partial charge in [0.25, 0.3) is 0 Å². The number of nitrogens with one attached hydrogen (secondary N) is 1. The summed E-state index contributed by atoms with van der Waals surface area (Å²) in [6.45, 7) is 3.96. The summed E-state index contributed by atoms with van der Waals surface area (Å²) in [4.78, 5) is 25.6. The molecular formula is C16H20N2O2. The molecule has 1 unspecified atom stereocenters. The number of hydrogen-bond acceptors (Lipinski definition) is 2. The zero-order valence-electron chi connectivity index (χ0n) is 11.8. The standard InChI is InChI=1S/C16H20N2O2/c1-11-3-2-6-18(10-11)16(20)8-12-4-5-14-13(7-12)9-15(19)17-14/h4-5,7,11H,2-3,6,8-10H2,1H3,(H,17,19). The second kappa shape index (κ2) is 5.27. The van der Waals surface area contributed by atoms with E-state index in [1.165, 1.54) is 6.42 Å². The number of fused-ring (bicyclic) bond motifs is 1. The van der Waals surface area contributed by atoms with Crippen molar-refractivity contribution in [1.29, 1.82) is 0 Å². The van der Waals surface area contributed by atoms with Crippen LogP contribution in [0.2, 0.25) is 0 Å². The summed E-state index contributed by atoms with van der Waals surface area (Å²) in [7, 11) is 0. The fourth-order valence-electron chi connectivity index (χ4n) is 3.09. The van der Waals surface area contributed by atoms with Gasteiger partial charge in [-0.1, -0.05) is 19.1 Å². The number of carbonyl (C=O) groups is 2. The molecule has 20 heavy (non-hydrogen) atoms. The monoisotopic (exact) mass is 272 g/mol. The van der Waals surface area contributed by atoms with Crippen LogP contribution < -0.4 is 5.32 Å². The Morgan fingerprint density at radius 1 is 1.45 bits per heavy atom. The van der Waals surface area contributed by atoms with Crippen molar-refractivity contribution in [3.63, 3.8) is 0 Å². The molecule has 3 rings (SSSR count). The number of likely N-dealkylation sites (tertiary alicyclic amines) is 1. The summed E-state index contributed by atoms with van der Waals surface area (Å²) in [5.74, 6) is 0.844. The summed E-state index contributed by atoms with van der Waals surface area (Å²) in [6, 6.07) is 5.83. The van der Waals surface area contributed by atoms with Crippen molar-refractivity contribution in [2.75, 3.05) is 18.4 Å². The average Bonchev–Trinajstić information content (AvgIpc) is 2.78. The first-order valence-corrected chi connectivity index (χ1v) is 7.31. The second-order valence-electron chi connectivity index (χ2n) is 5.98. The maximum atomic E-state index is 12.3. The number of carbonyl (C=O) groups excluding carboxylic acids is 2. The Morgan fingerprint density at radius 3 is 3.10 bits per heavy atom. The van der Waals surface area contributed by atoms with Gasteiger partial charge in [0.15, 0.2) is 0 Å². The van der Waals surface area contributed by atoms with Crippen LogP contribution in [0, 0.1) is 5.92 Å². The highest BCUT2D eigenvalue weighted by Crippen LogP contribution is 2.24. The lowest BCUT2D eigenvalue weighted by molar-refractivity contribution is -0.132. The molecule has 0 bridgehead atoms. The number of anilines is 1. The maximum absolute atomic E-state index is 12.3. The lowest BCUT2D eigenvalue weighted by atomic mass is 9.99. The second-order valence-corrected chi connectivity index (χ2v) is 5.98.